The zero-order chi connectivity index (χ0) is 36.0. The molecule has 4 N–H and O–H groups in total. The average Bonchev–Trinajstić information content (AvgIpc) is 3.79. The van der Waals surface area contributed by atoms with Crippen LogP contribution in [0.1, 0.15) is 127 Å². The fraction of sp³-hybridized carbons (Fsp3) is 0.705. The number of carbonyl (C=O) groups is 3. The topological polar surface area (TPSA) is 128 Å². The second-order valence-electron chi connectivity index (χ2n) is 18.8. The molecule has 0 bridgehead atoms. The molecule has 8 heteroatoms. The molecule has 6 saturated carbocycles. The highest BCUT2D eigenvalue weighted by atomic mass is 16.5. The maximum Gasteiger partial charge on any atom is 0.330 e. The lowest BCUT2D eigenvalue weighted by atomic mass is 9.52. The summed E-state index contributed by atoms with van der Waals surface area (Å²) in [4.78, 5) is 38.3. The van der Waals surface area contributed by atoms with Gasteiger partial charge < -0.3 is 25.6 Å². The van der Waals surface area contributed by atoms with Gasteiger partial charge in [-0.3, -0.25) is 9.59 Å². The van der Waals surface area contributed by atoms with Crippen LogP contribution >= 0.6 is 0 Å². The van der Waals surface area contributed by atoms with E-state index in [2.05, 4.69) is 25.2 Å². The van der Waals surface area contributed by atoms with Crippen LogP contribution in [0.5, 0.6) is 5.75 Å². The van der Waals surface area contributed by atoms with Gasteiger partial charge in [-0.05, 0) is 189 Å². The highest BCUT2D eigenvalue weighted by Crippen LogP contribution is 2.76. The molecule has 0 heterocycles. The summed E-state index contributed by atoms with van der Waals surface area (Å²) in [5.41, 5.74) is 11.4. The Morgan fingerprint density at radius 1 is 0.865 bits per heavy atom. The number of fused-ring (bicyclic) bond motifs is 11. The van der Waals surface area contributed by atoms with E-state index in [4.69, 9.17) is 15.2 Å². The lowest BCUT2D eigenvalue weighted by Gasteiger charge is -2.53. The Morgan fingerprint density at radius 3 is 2.52 bits per heavy atom. The van der Waals surface area contributed by atoms with E-state index in [-0.39, 0.29) is 24.5 Å². The van der Waals surface area contributed by atoms with Crippen molar-refractivity contribution in [1.29, 1.82) is 0 Å². The highest BCUT2D eigenvalue weighted by Gasteiger charge is 2.66. The van der Waals surface area contributed by atoms with E-state index in [0.717, 1.165) is 63.2 Å². The van der Waals surface area contributed by atoms with Crippen molar-refractivity contribution in [2.75, 3.05) is 6.54 Å². The summed E-state index contributed by atoms with van der Waals surface area (Å²) in [6.07, 6.45) is 21.4. The number of benzene rings is 1. The average molecular weight is 711 g/mol. The van der Waals surface area contributed by atoms with Gasteiger partial charge in [0.1, 0.15) is 18.1 Å². The van der Waals surface area contributed by atoms with Crippen LogP contribution in [0, 0.1) is 51.8 Å². The Labute approximate surface area is 308 Å². The van der Waals surface area contributed by atoms with Crippen molar-refractivity contribution < 1.29 is 29.0 Å². The Bertz CT molecular complexity index is 1710. The summed E-state index contributed by atoms with van der Waals surface area (Å²) < 4.78 is 11.3. The van der Waals surface area contributed by atoms with Gasteiger partial charge in [0, 0.05) is 0 Å². The largest absolute Gasteiger partial charge is 0.426 e. The van der Waals surface area contributed by atoms with E-state index in [1.54, 1.807) is 0 Å². The molecule has 8 unspecified atom stereocenters. The minimum atomic E-state index is -1.14. The van der Waals surface area contributed by atoms with Crippen LogP contribution in [0.25, 0.3) is 0 Å². The predicted molar refractivity (Wildman–Crippen MR) is 197 cm³/mol. The quantitative estimate of drug-likeness (QED) is 0.205. The highest BCUT2D eigenvalue weighted by molar-refractivity contribution is 5.89. The Morgan fingerprint density at radius 2 is 1.69 bits per heavy atom. The van der Waals surface area contributed by atoms with Crippen LogP contribution in [0.3, 0.4) is 0 Å². The number of rotatable bonds is 7. The number of aliphatic hydroxyl groups excluding tert-OH is 1. The molecule has 8 aliphatic rings. The summed E-state index contributed by atoms with van der Waals surface area (Å²) in [6, 6.07) is 4.96. The summed E-state index contributed by atoms with van der Waals surface area (Å²) >= 11 is 0. The Hall–Kier alpha value is -2.97. The van der Waals surface area contributed by atoms with Crippen LogP contribution in [-0.2, 0) is 25.5 Å². The molecule has 0 radical (unpaired) electrons. The summed E-state index contributed by atoms with van der Waals surface area (Å²) in [5, 5.41) is 13.2. The lowest BCUT2D eigenvalue weighted by Crippen LogP contribution is -2.47. The van der Waals surface area contributed by atoms with Crippen molar-refractivity contribution in [3.8, 4) is 5.75 Å². The van der Waals surface area contributed by atoms with Gasteiger partial charge in [-0.1, -0.05) is 25.5 Å². The summed E-state index contributed by atoms with van der Waals surface area (Å²) in [5.74, 6) is 3.89. The molecule has 0 saturated heterocycles. The van der Waals surface area contributed by atoms with Crippen molar-refractivity contribution in [3.63, 3.8) is 0 Å². The molecule has 1 aromatic carbocycles. The fourth-order valence-corrected chi connectivity index (χ4v) is 13.8. The molecule has 280 valence electrons. The molecule has 0 aromatic heterocycles. The second-order valence-corrected chi connectivity index (χ2v) is 18.8. The van der Waals surface area contributed by atoms with Gasteiger partial charge in [-0.15, -0.1) is 0 Å². The molecule has 9 rings (SSSR count). The molecular weight excluding hydrogens is 652 g/mol. The first kappa shape index (κ1) is 34.8. The minimum Gasteiger partial charge on any atom is -0.426 e. The van der Waals surface area contributed by atoms with Crippen LogP contribution in [0.2, 0.25) is 0 Å². The first-order valence-electron chi connectivity index (χ1n) is 20.6. The molecular formula is C44H58N2O6. The molecule has 11 atom stereocenters. The van der Waals surface area contributed by atoms with Crippen molar-refractivity contribution in [1.82, 2.24) is 5.32 Å². The van der Waals surface area contributed by atoms with Crippen LogP contribution in [0.15, 0.2) is 41.7 Å². The number of amides is 1. The number of esters is 2. The number of ether oxygens (including phenoxy) is 2. The predicted octanol–water partition coefficient (Wildman–Crippen LogP) is 7.03. The third kappa shape index (κ3) is 5.63. The maximum absolute atomic E-state index is 12.8. The SMILES string of the molecule is C[C@]12CCC3C4CC=C(OC(=O)CNC(=O)C(N)CC(=O)Oc5ccc6c(c5)CCC5C6CC[C@@]6(C)C5CCC65CC5)C=C4CCC3C1CC[C@@H]2O. The van der Waals surface area contributed by atoms with E-state index in [1.165, 1.54) is 61.6 Å². The molecule has 1 aromatic rings. The normalized spacial score (nSPS) is 39.6. The van der Waals surface area contributed by atoms with Gasteiger partial charge in [-0.2, -0.15) is 0 Å². The molecule has 52 heavy (non-hydrogen) atoms. The second kappa shape index (κ2) is 12.8. The monoisotopic (exact) mass is 710 g/mol. The van der Waals surface area contributed by atoms with Crippen LogP contribution in [-0.4, -0.2) is 41.6 Å². The standard InChI is InChI=1S/C44H58N2O6/c1-42-16-13-31-29-10-6-28(22-25(29)3-7-33(31)35(42)11-12-38(42)47)52-40(49)24-46-41(50)37(45)23-39(48)51-27-5-9-30-26(21-27)4-8-34-32(30)14-17-43(2)36(34)15-18-44(43)19-20-44/h5-6,9,21-22,29,31-38,47H,3-4,7-8,10-20,23-24,45H2,1-2H3,(H,46,50)/t29?,31?,32?,33?,34?,35?,36?,37?,38-,42-,43-/m0/s1. The molecule has 6 fully saturated rings. The van der Waals surface area contributed by atoms with Gasteiger partial charge >= 0.3 is 11.9 Å². The van der Waals surface area contributed by atoms with Crippen molar-refractivity contribution in [3.05, 3.63) is 52.8 Å². The maximum atomic E-state index is 12.8. The van der Waals surface area contributed by atoms with Crippen molar-refractivity contribution >= 4 is 17.8 Å². The summed E-state index contributed by atoms with van der Waals surface area (Å²) in [6.45, 7) is 4.58. The molecule has 8 aliphatic carbocycles. The van der Waals surface area contributed by atoms with Crippen molar-refractivity contribution in [2.24, 2.45) is 57.5 Å². The number of allylic oxidation sites excluding steroid dienone is 3. The first-order valence-corrected chi connectivity index (χ1v) is 20.6. The van der Waals surface area contributed by atoms with E-state index in [9.17, 15) is 19.5 Å². The lowest BCUT2D eigenvalue weighted by molar-refractivity contribution is -0.140. The minimum absolute atomic E-state index is 0.0687. The molecule has 1 spiro atoms. The third-order valence-electron chi connectivity index (χ3n) is 16.8. The number of aryl methyl sites for hydroxylation is 1. The van der Waals surface area contributed by atoms with E-state index < -0.39 is 23.9 Å². The van der Waals surface area contributed by atoms with E-state index in [0.29, 0.717) is 51.9 Å². The van der Waals surface area contributed by atoms with E-state index in [1.807, 2.05) is 24.3 Å². The fourth-order valence-electron chi connectivity index (χ4n) is 13.8. The van der Waals surface area contributed by atoms with Gasteiger partial charge in [0.25, 0.3) is 0 Å². The smallest absolute Gasteiger partial charge is 0.330 e. The number of carbonyl (C=O) groups excluding carboxylic acids is 3. The zero-order valence-corrected chi connectivity index (χ0v) is 31.2. The first-order chi connectivity index (χ1) is 25.0. The van der Waals surface area contributed by atoms with Gasteiger partial charge in [-0.25, -0.2) is 4.79 Å². The number of nitrogens with two attached hydrogens (primary N) is 1. The molecule has 8 nitrogen and oxygen atoms in total. The Balaban J connectivity index is 0.731. The number of hydrogen-bond donors (Lipinski definition) is 3. The summed E-state index contributed by atoms with van der Waals surface area (Å²) in [7, 11) is 0. The zero-order valence-electron chi connectivity index (χ0n) is 31.2. The number of hydrogen-bond acceptors (Lipinski definition) is 7. The molecule has 1 amide bonds. The van der Waals surface area contributed by atoms with E-state index >= 15 is 0 Å². The Kier molecular flexibility index (Phi) is 8.57. The van der Waals surface area contributed by atoms with Gasteiger partial charge in [0.15, 0.2) is 0 Å². The van der Waals surface area contributed by atoms with Gasteiger partial charge in [0.05, 0.1) is 18.6 Å². The van der Waals surface area contributed by atoms with Crippen LogP contribution < -0.4 is 15.8 Å². The number of aliphatic hydroxyl groups is 1. The van der Waals surface area contributed by atoms with Crippen LogP contribution in [0.4, 0.5) is 0 Å². The molecule has 0 aliphatic heterocycles. The number of nitrogens with one attached hydrogen (secondary N) is 1. The third-order valence-corrected chi connectivity index (χ3v) is 16.8. The van der Waals surface area contributed by atoms with Gasteiger partial charge in [0.2, 0.25) is 5.91 Å². The van der Waals surface area contributed by atoms with Crippen molar-refractivity contribution in [2.45, 2.75) is 135 Å².